The van der Waals surface area contributed by atoms with Gasteiger partial charge in [0.2, 0.25) is 0 Å². The number of amides is 2. The SMILES string of the molecule is N#CC1CNCCN1C(=O)Nc1ccc(F)cc1F. The van der Waals surface area contributed by atoms with E-state index in [1.165, 1.54) is 4.90 Å². The van der Waals surface area contributed by atoms with E-state index in [0.29, 0.717) is 25.7 Å². The number of urea groups is 1. The molecule has 1 heterocycles. The number of carbonyl (C=O) groups is 1. The number of nitrogens with zero attached hydrogens (tertiary/aromatic N) is 2. The first-order valence-corrected chi connectivity index (χ1v) is 5.75. The Kier molecular flexibility index (Phi) is 3.92. The van der Waals surface area contributed by atoms with Crippen molar-refractivity contribution in [3.8, 4) is 6.07 Å². The first-order chi connectivity index (χ1) is 9.11. The van der Waals surface area contributed by atoms with E-state index in [0.717, 1.165) is 12.1 Å². The van der Waals surface area contributed by atoms with Gasteiger partial charge in [-0.05, 0) is 12.1 Å². The number of halogens is 2. The minimum atomic E-state index is -0.850. The molecule has 0 bridgehead atoms. The lowest BCUT2D eigenvalue weighted by atomic mass is 10.2. The van der Waals surface area contributed by atoms with E-state index in [4.69, 9.17) is 5.26 Å². The van der Waals surface area contributed by atoms with E-state index >= 15 is 0 Å². The molecular weight excluding hydrogens is 254 g/mol. The van der Waals surface area contributed by atoms with Gasteiger partial charge in [0, 0.05) is 25.7 Å². The van der Waals surface area contributed by atoms with Gasteiger partial charge in [-0.15, -0.1) is 0 Å². The molecule has 2 amide bonds. The molecule has 5 nitrogen and oxygen atoms in total. The summed E-state index contributed by atoms with van der Waals surface area (Å²) in [5.74, 6) is -1.57. The Morgan fingerprint density at radius 3 is 3.00 bits per heavy atom. The van der Waals surface area contributed by atoms with Crippen molar-refractivity contribution in [2.45, 2.75) is 6.04 Å². The van der Waals surface area contributed by atoms with Gasteiger partial charge >= 0.3 is 6.03 Å². The molecule has 2 rings (SSSR count). The van der Waals surface area contributed by atoms with Crippen molar-refractivity contribution in [3.63, 3.8) is 0 Å². The average molecular weight is 266 g/mol. The molecule has 1 saturated heterocycles. The van der Waals surface area contributed by atoms with Crippen LogP contribution < -0.4 is 10.6 Å². The smallest absolute Gasteiger partial charge is 0.312 e. The van der Waals surface area contributed by atoms with E-state index in [-0.39, 0.29) is 5.69 Å². The second-order valence-electron chi connectivity index (χ2n) is 4.10. The molecule has 0 radical (unpaired) electrons. The van der Waals surface area contributed by atoms with Gasteiger partial charge in [-0.25, -0.2) is 13.6 Å². The van der Waals surface area contributed by atoms with Crippen LogP contribution in [0.3, 0.4) is 0 Å². The lowest BCUT2D eigenvalue weighted by Crippen LogP contribution is -2.54. The zero-order chi connectivity index (χ0) is 13.8. The third kappa shape index (κ3) is 2.98. The van der Waals surface area contributed by atoms with Crippen molar-refractivity contribution in [1.29, 1.82) is 5.26 Å². The lowest BCUT2D eigenvalue weighted by Gasteiger charge is -2.31. The van der Waals surface area contributed by atoms with Crippen molar-refractivity contribution in [3.05, 3.63) is 29.8 Å². The predicted octanol–water partition coefficient (Wildman–Crippen LogP) is 1.29. The van der Waals surface area contributed by atoms with Crippen LogP contribution in [0.1, 0.15) is 0 Å². The number of nitrogens with one attached hydrogen (secondary N) is 2. The normalized spacial score (nSPS) is 18.8. The molecule has 7 heteroatoms. The summed E-state index contributed by atoms with van der Waals surface area (Å²) in [7, 11) is 0. The Labute approximate surface area is 108 Å². The fourth-order valence-electron chi connectivity index (χ4n) is 1.84. The number of anilines is 1. The minimum absolute atomic E-state index is 0.110. The summed E-state index contributed by atoms with van der Waals surface area (Å²) in [5, 5.41) is 14.3. The molecule has 1 unspecified atom stereocenters. The third-order valence-corrected chi connectivity index (χ3v) is 2.83. The first kappa shape index (κ1) is 13.2. The van der Waals surface area contributed by atoms with Crippen LogP contribution >= 0.6 is 0 Å². The number of hydrogen-bond donors (Lipinski definition) is 2. The van der Waals surface area contributed by atoms with Gasteiger partial charge in [0.15, 0.2) is 0 Å². The summed E-state index contributed by atoms with van der Waals surface area (Å²) < 4.78 is 26.1. The van der Waals surface area contributed by atoms with Gasteiger partial charge in [0.1, 0.15) is 17.7 Å². The Morgan fingerprint density at radius 1 is 1.53 bits per heavy atom. The molecule has 100 valence electrons. The largest absolute Gasteiger partial charge is 0.323 e. The van der Waals surface area contributed by atoms with E-state index in [1.54, 1.807) is 0 Å². The van der Waals surface area contributed by atoms with Crippen molar-refractivity contribution >= 4 is 11.7 Å². The summed E-state index contributed by atoms with van der Waals surface area (Å²) in [4.78, 5) is 13.3. The van der Waals surface area contributed by atoms with Crippen LogP contribution in [0, 0.1) is 23.0 Å². The van der Waals surface area contributed by atoms with E-state index in [1.807, 2.05) is 6.07 Å². The van der Waals surface area contributed by atoms with Crippen molar-refractivity contribution < 1.29 is 13.6 Å². The minimum Gasteiger partial charge on any atom is -0.312 e. The Morgan fingerprint density at radius 2 is 2.32 bits per heavy atom. The maximum Gasteiger partial charge on any atom is 0.323 e. The fourth-order valence-corrected chi connectivity index (χ4v) is 1.84. The van der Waals surface area contributed by atoms with E-state index in [9.17, 15) is 13.6 Å². The molecule has 19 heavy (non-hydrogen) atoms. The van der Waals surface area contributed by atoms with Crippen LogP contribution in [0.15, 0.2) is 18.2 Å². The zero-order valence-corrected chi connectivity index (χ0v) is 9.99. The number of carbonyl (C=O) groups excluding carboxylic acids is 1. The second-order valence-corrected chi connectivity index (χ2v) is 4.10. The standard InChI is InChI=1S/C12H12F2N4O/c13-8-1-2-11(10(14)5-8)17-12(19)18-4-3-16-7-9(18)6-15/h1-2,5,9,16H,3-4,7H2,(H,17,19). The van der Waals surface area contributed by atoms with Crippen LogP contribution in [-0.2, 0) is 0 Å². The molecule has 2 N–H and O–H groups in total. The van der Waals surface area contributed by atoms with Crippen molar-refractivity contribution in [1.82, 2.24) is 10.2 Å². The average Bonchev–Trinajstić information content (AvgIpc) is 2.41. The first-order valence-electron chi connectivity index (χ1n) is 5.75. The molecule has 1 aromatic rings. The predicted molar refractivity (Wildman–Crippen MR) is 64.4 cm³/mol. The van der Waals surface area contributed by atoms with Crippen molar-refractivity contribution in [2.24, 2.45) is 0 Å². The van der Waals surface area contributed by atoms with Crippen LogP contribution in [-0.4, -0.2) is 36.6 Å². The molecule has 0 aromatic heterocycles. The van der Waals surface area contributed by atoms with Gasteiger partial charge in [0.25, 0.3) is 0 Å². The second kappa shape index (κ2) is 5.63. The third-order valence-electron chi connectivity index (χ3n) is 2.83. The van der Waals surface area contributed by atoms with E-state index in [2.05, 4.69) is 10.6 Å². The highest BCUT2D eigenvalue weighted by molar-refractivity contribution is 5.90. The van der Waals surface area contributed by atoms with Crippen LogP contribution in [0.5, 0.6) is 0 Å². The highest BCUT2D eigenvalue weighted by Crippen LogP contribution is 2.16. The van der Waals surface area contributed by atoms with Gasteiger partial charge < -0.3 is 15.5 Å². The number of hydrogen-bond acceptors (Lipinski definition) is 3. The maximum atomic E-state index is 13.4. The fraction of sp³-hybridized carbons (Fsp3) is 0.333. The molecule has 1 aliphatic heterocycles. The number of rotatable bonds is 1. The molecule has 0 saturated carbocycles. The highest BCUT2D eigenvalue weighted by atomic mass is 19.1. The molecule has 0 aliphatic carbocycles. The summed E-state index contributed by atoms with van der Waals surface area (Å²) in [6.07, 6.45) is 0. The lowest BCUT2D eigenvalue weighted by molar-refractivity contribution is 0.188. The van der Waals surface area contributed by atoms with Gasteiger partial charge in [0.05, 0.1) is 11.8 Å². The molecule has 1 aliphatic rings. The molecule has 1 aromatic carbocycles. The van der Waals surface area contributed by atoms with Gasteiger partial charge in [-0.1, -0.05) is 0 Å². The van der Waals surface area contributed by atoms with Crippen LogP contribution in [0.2, 0.25) is 0 Å². The summed E-state index contributed by atoms with van der Waals surface area (Å²) >= 11 is 0. The molecular formula is C12H12F2N4O. The van der Waals surface area contributed by atoms with E-state index < -0.39 is 23.7 Å². The Balaban J connectivity index is 2.10. The van der Waals surface area contributed by atoms with Gasteiger partial charge in [-0.3, -0.25) is 0 Å². The number of piperazine rings is 1. The highest BCUT2D eigenvalue weighted by Gasteiger charge is 2.26. The quantitative estimate of drug-likeness (QED) is 0.805. The summed E-state index contributed by atoms with van der Waals surface area (Å²) in [5.41, 5.74) is -0.110. The molecule has 0 spiro atoms. The monoisotopic (exact) mass is 266 g/mol. The Hall–Kier alpha value is -2.20. The van der Waals surface area contributed by atoms with Crippen molar-refractivity contribution in [2.75, 3.05) is 25.0 Å². The Bertz CT molecular complexity index is 529. The van der Waals surface area contributed by atoms with Crippen LogP contribution in [0.25, 0.3) is 0 Å². The number of benzene rings is 1. The number of nitriles is 1. The molecule has 1 fully saturated rings. The van der Waals surface area contributed by atoms with Crippen LogP contribution in [0.4, 0.5) is 19.3 Å². The van der Waals surface area contributed by atoms with Gasteiger partial charge in [-0.2, -0.15) is 5.26 Å². The zero-order valence-electron chi connectivity index (χ0n) is 9.99. The molecule has 1 atom stereocenters. The summed E-state index contributed by atoms with van der Waals surface area (Å²) in [6, 6.07) is 3.71. The summed E-state index contributed by atoms with van der Waals surface area (Å²) in [6.45, 7) is 1.29. The topological polar surface area (TPSA) is 68.2 Å². The maximum absolute atomic E-state index is 13.4.